The molecule has 7 heteroatoms. The van der Waals surface area contributed by atoms with Crippen LogP contribution in [0.15, 0.2) is 54.3 Å². The van der Waals surface area contributed by atoms with E-state index in [1.165, 1.54) is 0 Å². The zero-order valence-corrected chi connectivity index (χ0v) is 13.4. The van der Waals surface area contributed by atoms with Crippen molar-refractivity contribution < 1.29 is 0 Å². The molecule has 6 N–H and O–H groups in total. The van der Waals surface area contributed by atoms with Crippen LogP contribution in [0, 0.1) is 22.7 Å². The Bertz CT molecular complexity index is 921. The third-order valence-corrected chi connectivity index (χ3v) is 3.89. The van der Waals surface area contributed by atoms with Crippen LogP contribution in [0.5, 0.6) is 0 Å². The van der Waals surface area contributed by atoms with Crippen molar-refractivity contribution in [2.45, 2.75) is 6.42 Å². The number of hydrogen-bond donors (Lipinski definition) is 4. The number of nitrogens with zero attached hydrogens (tertiary/aromatic N) is 3. The van der Waals surface area contributed by atoms with Crippen LogP contribution in [-0.2, 0) is 0 Å². The fraction of sp³-hybridized carbons (Fsp3) is 0.111. The molecular weight excluding hydrogens is 314 g/mol. The molecule has 124 valence electrons. The van der Waals surface area contributed by atoms with E-state index in [1.54, 1.807) is 30.5 Å². The highest BCUT2D eigenvalue weighted by Gasteiger charge is 2.19. The molecule has 2 aromatic rings. The van der Waals surface area contributed by atoms with E-state index in [4.69, 9.17) is 22.1 Å². The largest absolute Gasteiger partial charge is 0.398 e. The molecular formula is C18H17N7. The Balaban J connectivity index is 1.85. The molecule has 1 aliphatic rings. The molecule has 0 saturated heterocycles. The molecule has 0 bridgehead atoms. The first-order valence-corrected chi connectivity index (χ1v) is 7.68. The Morgan fingerprint density at radius 2 is 2.16 bits per heavy atom. The normalized spacial score (nSPS) is 16.0. The summed E-state index contributed by atoms with van der Waals surface area (Å²) in [6.45, 7) is 0. The molecule has 0 spiro atoms. The van der Waals surface area contributed by atoms with Gasteiger partial charge in [-0.3, -0.25) is 0 Å². The van der Waals surface area contributed by atoms with Crippen LogP contribution in [-0.4, -0.2) is 15.7 Å². The van der Waals surface area contributed by atoms with Crippen LogP contribution in [0.25, 0.3) is 0 Å². The van der Waals surface area contributed by atoms with Gasteiger partial charge in [0.2, 0.25) is 5.95 Å². The van der Waals surface area contributed by atoms with E-state index in [0.717, 1.165) is 5.69 Å². The van der Waals surface area contributed by atoms with Gasteiger partial charge in [-0.1, -0.05) is 12.2 Å². The number of hydrogen-bond acceptors (Lipinski definition) is 7. The molecule has 0 fully saturated rings. The lowest BCUT2D eigenvalue weighted by atomic mass is 9.87. The molecule has 1 aliphatic carbocycles. The molecule has 1 aromatic carbocycles. The smallest absolute Gasteiger partial charge is 0.221 e. The molecule has 1 unspecified atom stereocenters. The van der Waals surface area contributed by atoms with Gasteiger partial charge in [0, 0.05) is 40.3 Å². The Morgan fingerprint density at radius 3 is 2.92 bits per heavy atom. The number of nitrogens with one attached hydrogen (secondary N) is 2. The summed E-state index contributed by atoms with van der Waals surface area (Å²) in [6.07, 6.45) is 7.56. The number of aromatic nitrogens is 2. The van der Waals surface area contributed by atoms with Crippen LogP contribution in [0.4, 0.5) is 23.1 Å². The third-order valence-electron chi connectivity index (χ3n) is 3.89. The summed E-state index contributed by atoms with van der Waals surface area (Å²) in [5, 5.41) is 20.7. The number of nitriles is 1. The Kier molecular flexibility index (Phi) is 4.44. The van der Waals surface area contributed by atoms with Crippen molar-refractivity contribution in [2.24, 2.45) is 5.92 Å². The molecule has 0 radical (unpaired) electrons. The van der Waals surface area contributed by atoms with Crippen molar-refractivity contribution in [3.05, 3.63) is 59.8 Å². The topological polar surface area (TPSA) is 137 Å². The summed E-state index contributed by atoms with van der Waals surface area (Å²) in [5.41, 5.74) is 14.6. The van der Waals surface area contributed by atoms with E-state index in [-0.39, 0.29) is 11.9 Å². The van der Waals surface area contributed by atoms with Crippen molar-refractivity contribution in [3.63, 3.8) is 0 Å². The lowest BCUT2D eigenvalue weighted by molar-refractivity contribution is 0.838. The lowest BCUT2D eigenvalue weighted by Gasteiger charge is -2.18. The molecule has 3 rings (SSSR count). The van der Waals surface area contributed by atoms with Gasteiger partial charge in [-0.05, 0) is 36.8 Å². The van der Waals surface area contributed by atoms with E-state index in [9.17, 15) is 0 Å². The average molecular weight is 331 g/mol. The minimum atomic E-state index is -0.174. The summed E-state index contributed by atoms with van der Waals surface area (Å²) in [5.74, 6) is 0.561. The predicted molar refractivity (Wildman–Crippen MR) is 98.4 cm³/mol. The van der Waals surface area contributed by atoms with Gasteiger partial charge in [0.05, 0.1) is 6.07 Å². The highest BCUT2D eigenvalue weighted by atomic mass is 15.1. The van der Waals surface area contributed by atoms with E-state index >= 15 is 0 Å². The molecule has 0 aliphatic heterocycles. The standard InChI is InChI=1S/C18H17N7/c19-10-11-2-1-3-12(8-11)17(21)14-9-13(4-5-15(14)20)24-16-6-7-23-18(22)25-16/h1-7,9,12,21H,8,20H2,(H3,22,23,24,25). The van der Waals surface area contributed by atoms with Gasteiger partial charge in [0.1, 0.15) is 5.82 Å². The number of anilines is 4. The molecule has 0 saturated carbocycles. The first-order chi connectivity index (χ1) is 12.1. The summed E-state index contributed by atoms with van der Waals surface area (Å²) in [6, 6.07) is 9.20. The Morgan fingerprint density at radius 1 is 1.32 bits per heavy atom. The number of nitrogens with two attached hydrogens (primary N) is 2. The van der Waals surface area contributed by atoms with Crippen LogP contribution in [0.3, 0.4) is 0 Å². The molecule has 1 heterocycles. The summed E-state index contributed by atoms with van der Waals surface area (Å²) >= 11 is 0. The fourth-order valence-electron chi connectivity index (χ4n) is 2.62. The van der Waals surface area contributed by atoms with Gasteiger partial charge in [-0.25, -0.2) is 4.98 Å². The Hall–Kier alpha value is -3.66. The minimum absolute atomic E-state index is 0.174. The number of nitrogen functional groups attached to an aromatic ring is 2. The second-order valence-corrected chi connectivity index (χ2v) is 5.64. The van der Waals surface area contributed by atoms with Crippen LogP contribution in [0.1, 0.15) is 12.0 Å². The molecule has 1 aromatic heterocycles. The summed E-state index contributed by atoms with van der Waals surface area (Å²) < 4.78 is 0. The molecule has 25 heavy (non-hydrogen) atoms. The monoisotopic (exact) mass is 331 g/mol. The lowest BCUT2D eigenvalue weighted by Crippen LogP contribution is -2.16. The predicted octanol–water partition coefficient (Wildman–Crippen LogP) is 2.78. The number of allylic oxidation sites excluding steroid dienone is 4. The van der Waals surface area contributed by atoms with Gasteiger partial charge >= 0.3 is 0 Å². The highest BCUT2D eigenvalue weighted by Crippen LogP contribution is 2.27. The fourth-order valence-corrected chi connectivity index (χ4v) is 2.62. The van der Waals surface area contributed by atoms with Crippen LogP contribution < -0.4 is 16.8 Å². The van der Waals surface area contributed by atoms with Crippen molar-refractivity contribution in [1.82, 2.24) is 9.97 Å². The van der Waals surface area contributed by atoms with E-state index in [2.05, 4.69) is 21.4 Å². The van der Waals surface area contributed by atoms with Crippen molar-refractivity contribution in [3.8, 4) is 6.07 Å². The maximum Gasteiger partial charge on any atom is 0.221 e. The number of rotatable bonds is 4. The summed E-state index contributed by atoms with van der Waals surface area (Å²) in [7, 11) is 0. The zero-order valence-electron chi connectivity index (χ0n) is 13.4. The summed E-state index contributed by atoms with van der Waals surface area (Å²) in [4.78, 5) is 7.94. The van der Waals surface area contributed by atoms with Crippen molar-refractivity contribution >= 4 is 28.9 Å². The maximum absolute atomic E-state index is 9.07. The maximum atomic E-state index is 9.07. The third kappa shape index (κ3) is 3.64. The van der Waals surface area contributed by atoms with E-state index in [1.807, 2.05) is 18.2 Å². The first-order valence-electron chi connectivity index (χ1n) is 7.68. The second kappa shape index (κ2) is 6.84. The van der Waals surface area contributed by atoms with Gasteiger partial charge < -0.3 is 22.2 Å². The minimum Gasteiger partial charge on any atom is -0.398 e. The van der Waals surface area contributed by atoms with Crippen LogP contribution in [0.2, 0.25) is 0 Å². The Labute approximate surface area is 145 Å². The van der Waals surface area contributed by atoms with E-state index < -0.39 is 0 Å². The van der Waals surface area contributed by atoms with Gasteiger partial charge in [-0.2, -0.15) is 10.2 Å². The molecule has 1 atom stereocenters. The average Bonchev–Trinajstić information content (AvgIpc) is 2.63. The van der Waals surface area contributed by atoms with Gasteiger partial charge in [0.25, 0.3) is 0 Å². The second-order valence-electron chi connectivity index (χ2n) is 5.64. The highest BCUT2D eigenvalue weighted by molar-refractivity contribution is 6.06. The quantitative estimate of drug-likeness (QED) is 0.502. The van der Waals surface area contributed by atoms with Crippen LogP contribution >= 0.6 is 0 Å². The van der Waals surface area contributed by atoms with Gasteiger partial charge in [-0.15, -0.1) is 0 Å². The zero-order chi connectivity index (χ0) is 17.8. The molecule has 0 amide bonds. The van der Waals surface area contributed by atoms with Crippen molar-refractivity contribution in [2.75, 3.05) is 16.8 Å². The number of benzene rings is 1. The SMILES string of the molecule is N#CC1=CC=CC(C(=N)c2cc(Nc3ccnc(N)n3)ccc2N)C1. The first kappa shape index (κ1) is 16.2. The molecule has 7 nitrogen and oxygen atoms in total. The van der Waals surface area contributed by atoms with Crippen molar-refractivity contribution in [1.29, 1.82) is 10.7 Å². The van der Waals surface area contributed by atoms with E-state index in [0.29, 0.717) is 34.8 Å². The van der Waals surface area contributed by atoms with Gasteiger partial charge in [0.15, 0.2) is 0 Å².